The highest BCUT2D eigenvalue weighted by molar-refractivity contribution is 8.15. The van der Waals surface area contributed by atoms with Gasteiger partial charge >= 0.3 is 0 Å². The lowest BCUT2D eigenvalue weighted by molar-refractivity contribution is -0.118. The molecule has 24 heavy (non-hydrogen) atoms. The maximum Gasteiger partial charge on any atom is 0.243 e. The van der Waals surface area contributed by atoms with E-state index in [2.05, 4.69) is 44.0 Å². The van der Waals surface area contributed by atoms with Crippen LogP contribution in [-0.4, -0.2) is 27.7 Å². The number of rotatable bonds is 2. The van der Waals surface area contributed by atoms with Crippen molar-refractivity contribution in [3.63, 3.8) is 0 Å². The maximum absolute atomic E-state index is 11.3. The van der Waals surface area contributed by atoms with Crippen LogP contribution >= 0.6 is 23.1 Å². The number of allylic oxidation sites excluding steroid dienone is 2. The molecule has 0 unspecified atom stereocenters. The molecule has 4 nitrogen and oxygen atoms in total. The Morgan fingerprint density at radius 1 is 1.38 bits per heavy atom. The summed E-state index contributed by atoms with van der Waals surface area (Å²) in [6.07, 6.45) is 3.39. The van der Waals surface area contributed by atoms with Crippen molar-refractivity contribution < 1.29 is 4.79 Å². The van der Waals surface area contributed by atoms with E-state index < -0.39 is 6.04 Å². The van der Waals surface area contributed by atoms with E-state index in [9.17, 15) is 4.79 Å². The Balaban J connectivity index is 1.77. The molecule has 0 fully saturated rings. The Morgan fingerprint density at radius 2 is 2.17 bits per heavy atom. The molecule has 124 valence electrons. The number of benzene rings is 1. The predicted octanol–water partition coefficient (Wildman–Crippen LogP) is 3.63. The number of thioether (sulfide) groups is 1. The molecule has 2 N–H and O–H groups in total. The Hall–Kier alpha value is -1.66. The van der Waals surface area contributed by atoms with Crippen LogP contribution in [0.1, 0.15) is 36.9 Å². The molecule has 1 atom stereocenters. The van der Waals surface area contributed by atoms with Crippen molar-refractivity contribution in [3.8, 4) is 0 Å². The number of hydrogen-bond acceptors (Lipinski definition) is 5. The highest BCUT2D eigenvalue weighted by Gasteiger charge is 2.27. The predicted molar refractivity (Wildman–Crippen MR) is 103 cm³/mol. The number of aliphatic imine (C=N–C) groups is 1. The molecular formula is C18H19N3OS2. The standard InChI is InChI=1S/C18H19N3OS2/c1-9-6-18(2,3)7-10-4-14-12(5-11(9)10)20-17(24-14)16-21-13(8-23-16)15(19)22/h4-6,13H,7-8H2,1-3H3,(H2,19,22)/t13-/m1/s1. The molecule has 1 aromatic carbocycles. The van der Waals surface area contributed by atoms with Gasteiger partial charge in [-0.25, -0.2) is 4.98 Å². The smallest absolute Gasteiger partial charge is 0.243 e. The van der Waals surface area contributed by atoms with Crippen molar-refractivity contribution in [1.29, 1.82) is 0 Å². The fourth-order valence-corrected chi connectivity index (χ4v) is 5.59. The monoisotopic (exact) mass is 357 g/mol. The van der Waals surface area contributed by atoms with Gasteiger partial charge in [-0.15, -0.1) is 23.1 Å². The second-order valence-corrected chi connectivity index (χ2v) is 9.19. The SMILES string of the molecule is CC1=CC(C)(C)Cc2cc3sc(C4=N[C@@H](C(N)=O)CS4)nc3cc21. The molecule has 0 bridgehead atoms. The van der Waals surface area contributed by atoms with Gasteiger partial charge in [-0.3, -0.25) is 9.79 Å². The van der Waals surface area contributed by atoms with Gasteiger partial charge in [0.1, 0.15) is 16.1 Å². The molecule has 2 aromatic rings. The second-order valence-electron chi connectivity index (χ2n) is 7.15. The number of fused-ring (bicyclic) bond motifs is 2. The van der Waals surface area contributed by atoms with Gasteiger partial charge in [0, 0.05) is 5.75 Å². The van der Waals surface area contributed by atoms with E-state index in [0.717, 1.165) is 22.0 Å². The highest BCUT2D eigenvalue weighted by Crippen LogP contribution is 2.39. The zero-order chi connectivity index (χ0) is 17.1. The first-order valence-corrected chi connectivity index (χ1v) is 9.76. The van der Waals surface area contributed by atoms with Crippen LogP contribution in [0.5, 0.6) is 0 Å². The Labute approximate surface area is 149 Å². The summed E-state index contributed by atoms with van der Waals surface area (Å²) in [5.41, 5.74) is 10.6. The summed E-state index contributed by atoms with van der Waals surface area (Å²) >= 11 is 3.21. The first-order valence-electron chi connectivity index (χ1n) is 7.96. The van der Waals surface area contributed by atoms with Crippen LogP contribution in [0.25, 0.3) is 15.8 Å². The molecule has 2 heterocycles. The number of carbonyl (C=O) groups excluding carboxylic acids is 1. The van der Waals surface area contributed by atoms with Gasteiger partial charge < -0.3 is 5.73 Å². The van der Waals surface area contributed by atoms with Crippen LogP contribution in [0.2, 0.25) is 0 Å². The first kappa shape index (κ1) is 15.8. The molecule has 1 aliphatic carbocycles. The average molecular weight is 358 g/mol. The molecule has 0 saturated carbocycles. The number of amides is 1. The van der Waals surface area contributed by atoms with Crippen LogP contribution in [0.4, 0.5) is 0 Å². The fourth-order valence-electron chi connectivity index (χ4n) is 3.46. The molecule has 0 spiro atoms. The number of carbonyl (C=O) groups is 1. The molecule has 0 saturated heterocycles. The third-order valence-electron chi connectivity index (χ3n) is 4.45. The van der Waals surface area contributed by atoms with Crippen LogP contribution in [0, 0.1) is 5.41 Å². The van der Waals surface area contributed by atoms with Crippen LogP contribution in [0.3, 0.4) is 0 Å². The first-order chi connectivity index (χ1) is 11.3. The number of nitrogens with zero attached hydrogens (tertiary/aromatic N) is 2. The van der Waals surface area contributed by atoms with Gasteiger partial charge in [-0.1, -0.05) is 19.9 Å². The fraction of sp³-hybridized carbons (Fsp3) is 0.389. The van der Waals surface area contributed by atoms with Crippen molar-refractivity contribution >= 4 is 49.8 Å². The number of primary amides is 1. The molecule has 1 aliphatic heterocycles. The molecular weight excluding hydrogens is 338 g/mol. The molecule has 1 aromatic heterocycles. The van der Waals surface area contributed by atoms with Gasteiger partial charge in [0.15, 0.2) is 0 Å². The van der Waals surface area contributed by atoms with Gasteiger partial charge in [-0.05, 0) is 47.6 Å². The molecule has 6 heteroatoms. The minimum atomic E-state index is -0.420. The van der Waals surface area contributed by atoms with Crippen LogP contribution in [-0.2, 0) is 11.2 Å². The largest absolute Gasteiger partial charge is 0.368 e. The summed E-state index contributed by atoms with van der Waals surface area (Å²) in [5, 5.41) is 1.73. The summed E-state index contributed by atoms with van der Waals surface area (Å²) in [7, 11) is 0. The lowest BCUT2D eigenvalue weighted by Gasteiger charge is -2.28. The molecule has 0 radical (unpaired) electrons. The van der Waals surface area contributed by atoms with Crippen molar-refractivity contribution in [2.24, 2.45) is 16.1 Å². The van der Waals surface area contributed by atoms with Gasteiger partial charge in [0.2, 0.25) is 5.91 Å². The summed E-state index contributed by atoms with van der Waals surface area (Å²) in [4.78, 5) is 20.5. The quantitative estimate of drug-likeness (QED) is 0.892. The van der Waals surface area contributed by atoms with E-state index in [1.54, 1.807) is 23.1 Å². The third-order valence-corrected chi connectivity index (χ3v) is 6.66. The van der Waals surface area contributed by atoms with Crippen molar-refractivity contribution in [2.45, 2.75) is 33.2 Å². The van der Waals surface area contributed by atoms with Gasteiger partial charge in [-0.2, -0.15) is 0 Å². The summed E-state index contributed by atoms with van der Waals surface area (Å²) in [6, 6.07) is 4.05. The van der Waals surface area contributed by atoms with Crippen molar-refractivity contribution in [3.05, 3.63) is 34.3 Å². The van der Waals surface area contributed by atoms with E-state index in [4.69, 9.17) is 10.7 Å². The number of nitrogens with two attached hydrogens (primary N) is 1. The summed E-state index contributed by atoms with van der Waals surface area (Å²) < 4.78 is 1.18. The lowest BCUT2D eigenvalue weighted by Crippen LogP contribution is -2.26. The van der Waals surface area contributed by atoms with Gasteiger partial charge in [0.05, 0.1) is 10.2 Å². The topological polar surface area (TPSA) is 68.3 Å². The van der Waals surface area contributed by atoms with E-state index >= 15 is 0 Å². The second kappa shape index (κ2) is 5.43. The Morgan fingerprint density at radius 3 is 2.88 bits per heavy atom. The summed E-state index contributed by atoms with van der Waals surface area (Å²) in [5.74, 6) is 0.254. The third kappa shape index (κ3) is 2.67. The van der Waals surface area contributed by atoms with Crippen molar-refractivity contribution in [2.75, 3.05) is 5.75 Å². The molecule has 1 amide bonds. The summed E-state index contributed by atoms with van der Waals surface area (Å²) in [6.45, 7) is 6.72. The minimum absolute atomic E-state index is 0.193. The van der Waals surface area contributed by atoms with E-state index in [-0.39, 0.29) is 11.3 Å². The van der Waals surface area contributed by atoms with E-state index in [1.807, 2.05) is 0 Å². The van der Waals surface area contributed by atoms with E-state index in [1.165, 1.54) is 21.4 Å². The zero-order valence-electron chi connectivity index (χ0n) is 13.9. The molecule has 4 rings (SSSR count). The van der Waals surface area contributed by atoms with Crippen molar-refractivity contribution in [1.82, 2.24) is 4.98 Å². The Bertz CT molecular complexity index is 924. The number of thiazole rings is 1. The number of hydrogen-bond donors (Lipinski definition) is 1. The van der Waals surface area contributed by atoms with Gasteiger partial charge in [0.25, 0.3) is 0 Å². The number of aromatic nitrogens is 1. The molecule has 2 aliphatic rings. The highest BCUT2D eigenvalue weighted by atomic mass is 32.2. The zero-order valence-corrected chi connectivity index (χ0v) is 15.6. The minimum Gasteiger partial charge on any atom is -0.368 e. The lowest BCUT2D eigenvalue weighted by atomic mass is 9.76. The van der Waals surface area contributed by atoms with Crippen LogP contribution in [0.15, 0.2) is 23.2 Å². The Kier molecular flexibility index (Phi) is 3.58. The normalized spacial score (nSPS) is 22.2. The average Bonchev–Trinajstić information content (AvgIpc) is 3.10. The van der Waals surface area contributed by atoms with Crippen LogP contribution < -0.4 is 5.73 Å². The maximum atomic E-state index is 11.3. The van der Waals surface area contributed by atoms with E-state index in [0.29, 0.717) is 5.75 Å².